The van der Waals surface area contributed by atoms with Crippen molar-refractivity contribution in [2.45, 2.75) is 29.2 Å². The molecule has 6 amide bonds. The highest BCUT2D eigenvalue weighted by molar-refractivity contribution is 8.01. The summed E-state index contributed by atoms with van der Waals surface area (Å²) in [5.74, 6) is -5.48. The lowest BCUT2D eigenvalue weighted by molar-refractivity contribution is -0.171. The lowest BCUT2D eigenvalue weighted by Gasteiger charge is -2.56. The zero-order valence-electron chi connectivity index (χ0n) is 25.3. The lowest BCUT2D eigenvalue weighted by Crippen LogP contribution is -2.85. The first-order chi connectivity index (χ1) is 22.9. The molecule has 0 bridgehead atoms. The van der Waals surface area contributed by atoms with E-state index in [0.717, 1.165) is 33.0 Å². The topological polar surface area (TPSA) is 256 Å². The maximum Gasteiger partial charge on any atom is 0.352 e. The molecule has 5 rings (SSSR count). The van der Waals surface area contributed by atoms with Gasteiger partial charge < -0.3 is 25.8 Å². The minimum atomic E-state index is -2.22. The van der Waals surface area contributed by atoms with Gasteiger partial charge in [-0.15, -0.1) is 16.9 Å². The third kappa shape index (κ3) is 5.95. The van der Waals surface area contributed by atoms with Crippen molar-refractivity contribution in [3.63, 3.8) is 0 Å². The molecule has 0 saturated carbocycles. The third-order valence-corrected chi connectivity index (χ3v) is 10.4. The zero-order valence-corrected chi connectivity index (χ0v) is 26.9. The number of hydrogen-bond donors (Lipinski definition) is 6. The predicted molar refractivity (Wildman–Crippen MR) is 166 cm³/mol. The van der Waals surface area contributed by atoms with Gasteiger partial charge in [-0.2, -0.15) is 5.48 Å². The molecule has 1 unspecified atom stereocenters. The number of nitrogens with zero attached hydrogens (tertiary/aromatic N) is 5. The van der Waals surface area contributed by atoms with Crippen LogP contribution in [0.4, 0.5) is 4.79 Å². The Kier molecular flexibility index (Phi) is 9.75. The molecule has 1 aromatic heterocycles. The van der Waals surface area contributed by atoms with E-state index in [1.54, 1.807) is 25.1 Å². The van der Waals surface area contributed by atoms with Crippen molar-refractivity contribution in [2.24, 2.45) is 7.05 Å². The van der Waals surface area contributed by atoms with Gasteiger partial charge in [-0.25, -0.2) is 14.7 Å². The predicted octanol–water partition coefficient (Wildman–Crippen LogP) is -2.25. The van der Waals surface area contributed by atoms with Crippen molar-refractivity contribution < 1.29 is 39.1 Å². The molecule has 1 aromatic carbocycles. The summed E-state index contributed by atoms with van der Waals surface area (Å²) in [7, 11) is 1.32. The molecule has 6 N–H and O–H groups in total. The molecule has 4 heterocycles. The van der Waals surface area contributed by atoms with Crippen LogP contribution in [0.15, 0.2) is 56.3 Å². The normalized spacial score (nSPS) is 21.4. The molecule has 0 aliphatic carbocycles. The summed E-state index contributed by atoms with van der Waals surface area (Å²) >= 11 is 1.96. The molecule has 2 fully saturated rings. The first-order valence-electron chi connectivity index (χ1n) is 14.2. The van der Waals surface area contributed by atoms with Crippen molar-refractivity contribution in [1.82, 2.24) is 45.6 Å². The SMILES string of the molecule is CCN1CCN(C(=O)NC(C(=O)N[C@]2(NO)C(=O)N3C(C(=O)O)=C(CSc4n[nH]c(=O)c(=O)n4C)CS[C@H]32)c2ccccc2)C(=O)C1=O. The summed E-state index contributed by atoms with van der Waals surface area (Å²) in [6.45, 7) is 1.92. The van der Waals surface area contributed by atoms with E-state index in [-0.39, 0.29) is 47.4 Å². The first-order valence-corrected chi connectivity index (χ1v) is 16.3. The molecule has 3 atom stereocenters. The number of imide groups is 1. The second kappa shape index (κ2) is 13.6. The number of hydrogen-bond acceptors (Lipinski definition) is 13. The summed E-state index contributed by atoms with van der Waals surface area (Å²) in [5.41, 5.74) is -2.11. The smallest absolute Gasteiger partial charge is 0.352 e. The molecule has 2 aromatic rings. The van der Waals surface area contributed by atoms with Gasteiger partial charge in [0.05, 0.1) is 0 Å². The number of H-pyrrole nitrogens is 1. The van der Waals surface area contributed by atoms with Crippen molar-refractivity contribution in [1.29, 1.82) is 0 Å². The van der Waals surface area contributed by atoms with Crippen LogP contribution in [0.2, 0.25) is 0 Å². The highest BCUT2D eigenvalue weighted by atomic mass is 32.2. The Morgan fingerprint density at radius 1 is 1.12 bits per heavy atom. The van der Waals surface area contributed by atoms with Crippen LogP contribution in [0.3, 0.4) is 0 Å². The number of urea groups is 1. The van der Waals surface area contributed by atoms with E-state index in [1.165, 1.54) is 24.1 Å². The van der Waals surface area contributed by atoms with E-state index in [9.17, 15) is 48.7 Å². The monoisotopic (exact) mass is 703 g/mol. The molecule has 0 spiro atoms. The number of carboxylic acid groups (broad SMARTS) is 1. The van der Waals surface area contributed by atoms with Crippen LogP contribution in [0.5, 0.6) is 0 Å². The van der Waals surface area contributed by atoms with Gasteiger partial charge in [-0.3, -0.25) is 43.1 Å². The Morgan fingerprint density at radius 2 is 1.83 bits per heavy atom. The number of fused-ring (bicyclic) bond motifs is 1. The molecule has 21 heteroatoms. The number of nitrogens with one attached hydrogen (secondary N) is 4. The van der Waals surface area contributed by atoms with Crippen LogP contribution in [-0.4, -0.2) is 118 Å². The number of hydroxylamine groups is 1. The molecular weight excluding hydrogens is 674 g/mol. The number of aliphatic carboxylic acids is 1. The number of rotatable bonds is 10. The Balaban J connectivity index is 1.37. The number of benzene rings is 1. The fraction of sp³-hybridized carbons (Fsp3) is 0.370. The number of aromatic nitrogens is 3. The Bertz CT molecular complexity index is 1850. The van der Waals surface area contributed by atoms with E-state index in [1.807, 2.05) is 5.48 Å². The Morgan fingerprint density at radius 3 is 2.48 bits per heavy atom. The summed E-state index contributed by atoms with van der Waals surface area (Å²) in [4.78, 5) is 104. The highest BCUT2D eigenvalue weighted by Gasteiger charge is 2.66. The maximum atomic E-state index is 13.8. The van der Waals surface area contributed by atoms with Crippen LogP contribution >= 0.6 is 23.5 Å². The van der Waals surface area contributed by atoms with E-state index in [0.29, 0.717) is 4.90 Å². The van der Waals surface area contributed by atoms with Crippen molar-refractivity contribution in [3.8, 4) is 0 Å². The number of carboxylic acids is 1. The standard InChI is InChI=1S/C27H29N9O10S2/c1-3-34-9-10-35(21(41)20(34)40)25(45)28-15(13-7-5-4-6-8-13)17(37)29-27(32-46)23(44)36-16(22(42)43)14(11-47-24(27)36)12-48-26-31-30-18(38)19(39)33(26)2/h4-8,15,24,32,46H,3,9-12H2,1-2H3,(H,28,45)(H,29,37)(H,30,38)(H,42,43)/t15?,24-,27-/m0/s1. The minimum absolute atomic E-state index is 0.0123. The van der Waals surface area contributed by atoms with E-state index in [4.69, 9.17) is 0 Å². The Labute approximate surface area is 278 Å². The largest absolute Gasteiger partial charge is 0.477 e. The average Bonchev–Trinajstić information content (AvgIpc) is 3.08. The molecule has 3 aliphatic rings. The number of aromatic amines is 1. The van der Waals surface area contributed by atoms with Gasteiger partial charge in [0, 0.05) is 38.2 Å². The summed E-state index contributed by atoms with van der Waals surface area (Å²) in [6, 6.07) is 5.24. The number of amides is 6. The fourth-order valence-electron chi connectivity index (χ4n) is 5.30. The Hall–Kier alpha value is -4.99. The van der Waals surface area contributed by atoms with E-state index < -0.39 is 69.5 Å². The molecule has 3 aliphatic heterocycles. The van der Waals surface area contributed by atoms with E-state index in [2.05, 4.69) is 20.8 Å². The maximum absolute atomic E-state index is 13.8. The zero-order chi connectivity index (χ0) is 34.9. The van der Waals surface area contributed by atoms with Crippen LogP contribution in [-0.2, 0) is 31.0 Å². The van der Waals surface area contributed by atoms with Gasteiger partial charge in [0.2, 0.25) is 11.6 Å². The summed E-state index contributed by atoms with van der Waals surface area (Å²) in [6.07, 6.45) is 0. The fourth-order valence-corrected chi connectivity index (χ4v) is 7.77. The summed E-state index contributed by atoms with van der Waals surface area (Å²) < 4.78 is 0.995. The lowest BCUT2D eigenvalue weighted by atomic mass is 9.94. The number of likely N-dealkylation sites (N-methyl/N-ethyl adjacent to an activating group) is 1. The molecule has 48 heavy (non-hydrogen) atoms. The second-order valence-electron chi connectivity index (χ2n) is 10.6. The number of thioether (sulfide) groups is 2. The van der Waals surface area contributed by atoms with Crippen LogP contribution < -0.4 is 27.2 Å². The van der Waals surface area contributed by atoms with Gasteiger partial charge in [-0.1, -0.05) is 42.1 Å². The van der Waals surface area contributed by atoms with Gasteiger partial charge >= 0.3 is 34.9 Å². The first kappa shape index (κ1) is 34.3. The van der Waals surface area contributed by atoms with Gasteiger partial charge in [0.1, 0.15) is 17.1 Å². The van der Waals surface area contributed by atoms with Crippen molar-refractivity contribution >= 4 is 59.2 Å². The van der Waals surface area contributed by atoms with Crippen molar-refractivity contribution in [2.75, 3.05) is 31.1 Å². The van der Waals surface area contributed by atoms with Crippen molar-refractivity contribution in [3.05, 3.63) is 67.9 Å². The average molecular weight is 704 g/mol. The molecule has 254 valence electrons. The van der Waals surface area contributed by atoms with Gasteiger partial charge in [-0.05, 0) is 18.1 Å². The van der Waals surface area contributed by atoms with Gasteiger partial charge in [0.15, 0.2) is 5.16 Å². The van der Waals surface area contributed by atoms with Crippen LogP contribution in [0, 0.1) is 0 Å². The van der Waals surface area contributed by atoms with Gasteiger partial charge in [0.25, 0.3) is 5.91 Å². The molecule has 19 nitrogen and oxygen atoms in total. The number of carbonyl (C=O) groups excluding carboxylic acids is 5. The molecular formula is C27H29N9O10S2. The van der Waals surface area contributed by atoms with E-state index >= 15 is 0 Å². The second-order valence-corrected chi connectivity index (χ2v) is 12.6. The molecule has 0 radical (unpaired) electrons. The number of β-lactam (4-membered cyclic amide) rings is 1. The van der Waals surface area contributed by atoms with Crippen LogP contribution in [0.1, 0.15) is 18.5 Å². The molecule has 2 saturated heterocycles. The minimum Gasteiger partial charge on any atom is -0.477 e. The van der Waals surface area contributed by atoms with Crippen LogP contribution in [0.25, 0.3) is 0 Å². The highest BCUT2D eigenvalue weighted by Crippen LogP contribution is 2.45. The third-order valence-electron chi connectivity index (χ3n) is 7.86. The summed E-state index contributed by atoms with van der Waals surface area (Å²) in [5, 5.41) is 29.9. The number of carbonyl (C=O) groups is 6. The quantitative estimate of drug-likeness (QED) is 0.0503. The number of piperazine rings is 1.